The van der Waals surface area contributed by atoms with Gasteiger partial charge in [0.15, 0.2) is 29.0 Å². The average molecular weight is 499 g/mol. The van der Waals surface area contributed by atoms with Gasteiger partial charge in [0.05, 0.1) is 23.6 Å². The van der Waals surface area contributed by atoms with Crippen molar-refractivity contribution in [3.05, 3.63) is 59.2 Å². The van der Waals surface area contributed by atoms with E-state index in [1.807, 2.05) is 4.90 Å². The van der Waals surface area contributed by atoms with Crippen LogP contribution in [0, 0.1) is 17.5 Å². The Bertz CT molecular complexity index is 1310. The monoisotopic (exact) mass is 498 g/mol. The van der Waals surface area contributed by atoms with E-state index >= 15 is 0 Å². The Morgan fingerprint density at radius 1 is 1.00 bits per heavy atom. The van der Waals surface area contributed by atoms with E-state index in [4.69, 9.17) is 20.4 Å². The highest BCUT2D eigenvalue weighted by molar-refractivity contribution is 5.74. The van der Waals surface area contributed by atoms with E-state index in [1.54, 1.807) is 4.90 Å². The Balaban J connectivity index is 1.42. The Morgan fingerprint density at radius 3 is 2.47 bits per heavy atom. The summed E-state index contributed by atoms with van der Waals surface area (Å²) in [5.41, 5.74) is 8.03. The third-order valence-corrected chi connectivity index (χ3v) is 6.48. The molecule has 188 valence electrons. The molecule has 0 atom stereocenters. The maximum absolute atomic E-state index is 14.0. The molecular formula is C25H25F3N6O2. The van der Waals surface area contributed by atoms with Gasteiger partial charge < -0.3 is 20.3 Å². The predicted molar refractivity (Wildman–Crippen MR) is 127 cm³/mol. The number of anilines is 2. The summed E-state index contributed by atoms with van der Waals surface area (Å²) in [6, 6.07) is 6.00. The van der Waals surface area contributed by atoms with Crippen molar-refractivity contribution in [3.63, 3.8) is 0 Å². The minimum Gasteiger partial charge on any atom is -0.487 e. The molecule has 2 aliphatic heterocycles. The van der Waals surface area contributed by atoms with E-state index in [0.29, 0.717) is 68.3 Å². The van der Waals surface area contributed by atoms with Gasteiger partial charge in [-0.15, -0.1) is 0 Å². The number of aromatic nitrogens is 3. The van der Waals surface area contributed by atoms with Crippen LogP contribution < -0.4 is 15.4 Å². The molecule has 0 saturated carbocycles. The van der Waals surface area contributed by atoms with Crippen molar-refractivity contribution in [2.24, 2.45) is 0 Å². The molecule has 36 heavy (non-hydrogen) atoms. The van der Waals surface area contributed by atoms with Crippen LogP contribution in [0.15, 0.2) is 30.3 Å². The highest BCUT2D eigenvalue weighted by atomic mass is 19.1. The van der Waals surface area contributed by atoms with Crippen LogP contribution in [0.25, 0.3) is 11.4 Å². The molecule has 0 aliphatic carbocycles. The van der Waals surface area contributed by atoms with Gasteiger partial charge in [-0.1, -0.05) is 0 Å². The lowest BCUT2D eigenvalue weighted by atomic mass is 10.1. The molecule has 1 aromatic carbocycles. The number of hydrogen-bond acceptors (Lipinski definition) is 7. The average Bonchev–Trinajstić information content (AvgIpc) is 2.86. The molecule has 4 heterocycles. The smallest absolute Gasteiger partial charge is 0.219 e. The first-order chi connectivity index (χ1) is 17.3. The summed E-state index contributed by atoms with van der Waals surface area (Å²) in [5, 5.41) is 0. The SMILES string of the molecule is CC(=O)N1CCc2nc(N3CCC(Oc4ccc(F)cc4F)CC3)c(-c3ccc(F)c(N)n3)nc2C1. The van der Waals surface area contributed by atoms with E-state index in [0.717, 1.165) is 17.8 Å². The number of nitrogens with zero attached hydrogens (tertiary/aromatic N) is 5. The van der Waals surface area contributed by atoms with Crippen LogP contribution in [0.1, 0.15) is 31.2 Å². The first kappa shape index (κ1) is 23.8. The van der Waals surface area contributed by atoms with Crippen molar-refractivity contribution < 1.29 is 22.7 Å². The van der Waals surface area contributed by atoms with Crippen molar-refractivity contribution in [2.75, 3.05) is 30.3 Å². The van der Waals surface area contributed by atoms with Crippen molar-refractivity contribution in [1.82, 2.24) is 19.9 Å². The maximum atomic E-state index is 14.0. The van der Waals surface area contributed by atoms with Gasteiger partial charge in [-0.2, -0.15) is 0 Å². The van der Waals surface area contributed by atoms with Crippen molar-refractivity contribution in [3.8, 4) is 17.1 Å². The van der Waals surface area contributed by atoms with Crippen LogP contribution in [0.3, 0.4) is 0 Å². The van der Waals surface area contributed by atoms with E-state index in [9.17, 15) is 18.0 Å². The summed E-state index contributed by atoms with van der Waals surface area (Å²) < 4.78 is 46.8. The lowest BCUT2D eigenvalue weighted by Crippen LogP contribution is -2.40. The van der Waals surface area contributed by atoms with E-state index in [-0.39, 0.29) is 23.6 Å². The van der Waals surface area contributed by atoms with Gasteiger partial charge in [-0.25, -0.2) is 28.1 Å². The summed E-state index contributed by atoms with van der Waals surface area (Å²) >= 11 is 0. The lowest BCUT2D eigenvalue weighted by Gasteiger charge is -2.35. The molecule has 0 unspecified atom stereocenters. The zero-order valence-corrected chi connectivity index (χ0v) is 19.7. The Kier molecular flexibility index (Phi) is 6.38. The number of ether oxygens (including phenoxy) is 1. The second kappa shape index (κ2) is 9.63. The number of hydrogen-bond donors (Lipinski definition) is 1. The Hall–Kier alpha value is -3.89. The summed E-state index contributed by atoms with van der Waals surface area (Å²) in [5.74, 6) is -1.69. The molecule has 2 aromatic heterocycles. The van der Waals surface area contributed by atoms with Gasteiger partial charge in [0, 0.05) is 51.9 Å². The molecule has 8 nitrogen and oxygen atoms in total. The second-order valence-corrected chi connectivity index (χ2v) is 8.92. The summed E-state index contributed by atoms with van der Waals surface area (Å²) in [6.45, 7) is 3.49. The van der Waals surface area contributed by atoms with Gasteiger partial charge in [0.25, 0.3) is 0 Å². The molecule has 1 amide bonds. The fourth-order valence-corrected chi connectivity index (χ4v) is 4.51. The largest absolute Gasteiger partial charge is 0.487 e. The van der Waals surface area contributed by atoms with Gasteiger partial charge in [-0.05, 0) is 24.3 Å². The fraction of sp³-hybridized carbons (Fsp3) is 0.360. The number of pyridine rings is 1. The summed E-state index contributed by atoms with van der Waals surface area (Å²) in [6.07, 6.45) is 1.47. The van der Waals surface area contributed by atoms with Crippen LogP contribution >= 0.6 is 0 Å². The zero-order valence-electron chi connectivity index (χ0n) is 19.7. The number of fused-ring (bicyclic) bond motifs is 1. The zero-order chi connectivity index (χ0) is 25.4. The molecule has 1 saturated heterocycles. The third kappa shape index (κ3) is 4.77. The lowest BCUT2D eigenvalue weighted by molar-refractivity contribution is -0.129. The Labute approximate surface area is 205 Å². The number of nitrogen functional groups attached to an aromatic ring is 1. The second-order valence-electron chi connectivity index (χ2n) is 8.92. The van der Waals surface area contributed by atoms with Gasteiger partial charge in [-0.3, -0.25) is 4.79 Å². The molecule has 0 spiro atoms. The van der Waals surface area contributed by atoms with Crippen LogP contribution in [0.2, 0.25) is 0 Å². The van der Waals surface area contributed by atoms with Gasteiger partial charge in [0.2, 0.25) is 5.91 Å². The first-order valence-electron chi connectivity index (χ1n) is 11.7. The molecule has 11 heteroatoms. The highest BCUT2D eigenvalue weighted by Gasteiger charge is 2.29. The summed E-state index contributed by atoms with van der Waals surface area (Å²) in [4.78, 5) is 29.5. The number of halogens is 3. The number of benzene rings is 1. The number of amides is 1. The van der Waals surface area contributed by atoms with Crippen LogP contribution in [-0.4, -0.2) is 51.5 Å². The molecule has 0 bridgehead atoms. The van der Waals surface area contributed by atoms with E-state index in [2.05, 4.69) is 4.98 Å². The number of nitrogens with two attached hydrogens (primary N) is 1. The molecule has 3 aromatic rings. The van der Waals surface area contributed by atoms with Crippen LogP contribution in [0.5, 0.6) is 5.75 Å². The third-order valence-electron chi connectivity index (χ3n) is 6.48. The molecule has 2 N–H and O–H groups in total. The number of piperidine rings is 1. The Morgan fingerprint density at radius 2 is 1.78 bits per heavy atom. The standard InChI is InChI=1S/C25H25F3N6O2/c1-14(35)34-11-8-19-21(13-34)30-23(20-4-3-17(27)24(29)31-20)25(32-19)33-9-6-16(7-10-33)36-22-5-2-15(26)12-18(22)28/h2-5,12,16H,6-11,13H2,1H3,(H2,29,31). The quantitative estimate of drug-likeness (QED) is 0.588. The molecule has 0 radical (unpaired) electrons. The van der Waals surface area contributed by atoms with Crippen molar-refractivity contribution in [2.45, 2.75) is 38.8 Å². The van der Waals surface area contributed by atoms with Crippen LogP contribution in [0.4, 0.5) is 24.8 Å². The van der Waals surface area contributed by atoms with Gasteiger partial charge in [0.1, 0.15) is 17.6 Å². The number of rotatable bonds is 4. The predicted octanol–water partition coefficient (Wildman–Crippen LogP) is 3.49. The summed E-state index contributed by atoms with van der Waals surface area (Å²) in [7, 11) is 0. The normalized spacial score (nSPS) is 16.1. The topological polar surface area (TPSA) is 97.5 Å². The molecular weight excluding hydrogens is 473 g/mol. The number of carbonyl (C=O) groups is 1. The number of carbonyl (C=O) groups excluding carboxylic acids is 1. The fourth-order valence-electron chi connectivity index (χ4n) is 4.51. The van der Waals surface area contributed by atoms with Crippen molar-refractivity contribution in [1.29, 1.82) is 0 Å². The maximum Gasteiger partial charge on any atom is 0.219 e. The van der Waals surface area contributed by atoms with E-state index in [1.165, 1.54) is 25.1 Å². The molecule has 1 fully saturated rings. The van der Waals surface area contributed by atoms with Gasteiger partial charge >= 0.3 is 0 Å². The molecule has 2 aliphatic rings. The highest BCUT2D eigenvalue weighted by Crippen LogP contribution is 2.33. The van der Waals surface area contributed by atoms with Crippen LogP contribution in [-0.2, 0) is 17.8 Å². The minimum atomic E-state index is -0.736. The van der Waals surface area contributed by atoms with E-state index < -0.39 is 17.5 Å². The molecule has 5 rings (SSSR count). The minimum absolute atomic E-state index is 0.0186. The van der Waals surface area contributed by atoms with Crippen molar-refractivity contribution >= 4 is 17.5 Å². The first-order valence-corrected chi connectivity index (χ1v) is 11.7.